The third-order valence-corrected chi connectivity index (χ3v) is 8.11. The van der Waals surface area contributed by atoms with E-state index in [4.69, 9.17) is 0 Å². The molecule has 0 unspecified atom stereocenters. The number of sulfonamides is 1. The molecule has 0 aliphatic carbocycles. The van der Waals surface area contributed by atoms with Gasteiger partial charge in [-0.1, -0.05) is 6.07 Å². The number of hydrogen-bond donors (Lipinski definition) is 0. The molecule has 1 aliphatic rings. The van der Waals surface area contributed by atoms with Crippen molar-refractivity contribution in [1.82, 2.24) is 9.21 Å². The lowest BCUT2D eigenvalue weighted by atomic mass is 10.3. The fourth-order valence-corrected chi connectivity index (χ4v) is 6.50. The molecule has 24 heavy (non-hydrogen) atoms. The number of carbonyl (C=O) groups is 1. The molecule has 8 heteroatoms. The summed E-state index contributed by atoms with van der Waals surface area (Å²) in [6.45, 7) is 5.36. The van der Waals surface area contributed by atoms with Crippen molar-refractivity contribution in [2.75, 3.05) is 26.2 Å². The smallest absolute Gasteiger partial charge is 0.244 e. The van der Waals surface area contributed by atoms with E-state index in [9.17, 15) is 13.2 Å². The van der Waals surface area contributed by atoms with Crippen LogP contribution in [0.5, 0.6) is 0 Å². The van der Waals surface area contributed by atoms with E-state index < -0.39 is 10.0 Å². The molecule has 2 aromatic rings. The summed E-state index contributed by atoms with van der Waals surface area (Å²) in [7, 11) is -3.46. The van der Waals surface area contributed by atoms with Crippen LogP contribution in [0.3, 0.4) is 0 Å². The molecular weight excluding hydrogens is 364 g/mol. The van der Waals surface area contributed by atoms with Crippen molar-refractivity contribution >= 4 is 38.6 Å². The maximum Gasteiger partial charge on any atom is 0.244 e. The zero-order chi connectivity index (χ0) is 17.3. The van der Waals surface area contributed by atoms with E-state index in [2.05, 4.69) is 0 Å². The maximum atomic E-state index is 12.8. The van der Waals surface area contributed by atoms with Crippen LogP contribution in [0.25, 0.3) is 0 Å². The first-order valence-electron chi connectivity index (χ1n) is 7.75. The summed E-state index contributed by atoms with van der Waals surface area (Å²) in [5.74, 6) is 0.0667. The largest absolute Gasteiger partial charge is 0.340 e. The van der Waals surface area contributed by atoms with Crippen LogP contribution < -0.4 is 0 Å². The van der Waals surface area contributed by atoms with Crippen LogP contribution in [-0.4, -0.2) is 49.7 Å². The molecule has 0 spiro atoms. The Kier molecular flexibility index (Phi) is 5.10. The van der Waals surface area contributed by atoms with Crippen LogP contribution in [-0.2, 0) is 21.2 Å². The van der Waals surface area contributed by atoms with Gasteiger partial charge in [-0.3, -0.25) is 4.79 Å². The fourth-order valence-electron chi connectivity index (χ4n) is 2.85. The second-order valence-electron chi connectivity index (χ2n) is 5.82. The molecule has 1 aliphatic heterocycles. The average Bonchev–Trinajstić information content (AvgIpc) is 3.17. The predicted molar refractivity (Wildman–Crippen MR) is 97.2 cm³/mol. The second-order valence-corrected chi connectivity index (χ2v) is 10.2. The zero-order valence-electron chi connectivity index (χ0n) is 13.7. The van der Waals surface area contributed by atoms with Gasteiger partial charge in [-0.2, -0.15) is 4.31 Å². The van der Waals surface area contributed by atoms with E-state index in [1.807, 2.05) is 31.4 Å². The van der Waals surface area contributed by atoms with Crippen LogP contribution in [0.1, 0.15) is 14.6 Å². The molecule has 0 saturated carbocycles. The summed E-state index contributed by atoms with van der Waals surface area (Å²) in [6, 6.07) is 5.62. The van der Waals surface area contributed by atoms with Gasteiger partial charge < -0.3 is 4.90 Å². The molecule has 3 heterocycles. The number of rotatable bonds is 4. The molecule has 5 nitrogen and oxygen atoms in total. The number of thiophene rings is 2. The lowest BCUT2D eigenvalue weighted by molar-refractivity contribution is -0.131. The number of hydrogen-bond acceptors (Lipinski definition) is 5. The van der Waals surface area contributed by atoms with Crippen molar-refractivity contribution in [2.24, 2.45) is 0 Å². The van der Waals surface area contributed by atoms with E-state index in [1.54, 1.807) is 22.3 Å². The molecule has 0 bridgehead atoms. The van der Waals surface area contributed by atoms with Crippen molar-refractivity contribution in [3.05, 3.63) is 38.2 Å². The summed E-state index contributed by atoms with van der Waals surface area (Å²) in [5, 5.41) is 1.96. The lowest BCUT2D eigenvalue weighted by Crippen LogP contribution is -2.50. The van der Waals surface area contributed by atoms with Gasteiger partial charge >= 0.3 is 0 Å². The first-order chi connectivity index (χ1) is 11.4. The van der Waals surface area contributed by atoms with Crippen molar-refractivity contribution in [2.45, 2.75) is 25.2 Å². The van der Waals surface area contributed by atoms with Crippen molar-refractivity contribution in [1.29, 1.82) is 0 Å². The van der Waals surface area contributed by atoms with Crippen LogP contribution in [0.2, 0.25) is 0 Å². The Balaban J connectivity index is 1.64. The topological polar surface area (TPSA) is 57.7 Å². The zero-order valence-corrected chi connectivity index (χ0v) is 16.1. The molecule has 0 radical (unpaired) electrons. The van der Waals surface area contributed by atoms with Gasteiger partial charge in [-0.15, -0.1) is 22.7 Å². The molecule has 1 amide bonds. The van der Waals surface area contributed by atoms with Crippen LogP contribution >= 0.6 is 22.7 Å². The first-order valence-corrected chi connectivity index (χ1v) is 10.9. The van der Waals surface area contributed by atoms with E-state index in [0.717, 1.165) is 14.6 Å². The lowest BCUT2D eigenvalue weighted by Gasteiger charge is -2.34. The van der Waals surface area contributed by atoms with Gasteiger partial charge in [0.25, 0.3) is 0 Å². The number of carbonyl (C=O) groups excluding carboxylic acids is 1. The van der Waals surface area contributed by atoms with Gasteiger partial charge in [0.15, 0.2) is 0 Å². The Labute approximate surface area is 150 Å². The fraction of sp³-hybridized carbons (Fsp3) is 0.438. The minimum Gasteiger partial charge on any atom is -0.340 e. The van der Waals surface area contributed by atoms with E-state index in [1.165, 1.54) is 15.6 Å². The molecule has 0 aromatic carbocycles. The molecule has 1 saturated heterocycles. The molecule has 3 rings (SSSR count). The third kappa shape index (κ3) is 3.56. The van der Waals surface area contributed by atoms with Gasteiger partial charge in [0, 0.05) is 40.8 Å². The van der Waals surface area contributed by atoms with E-state index in [-0.39, 0.29) is 5.91 Å². The van der Waals surface area contributed by atoms with Gasteiger partial charge in [-0.05, 0) is 31.4 Å². The molecule has 0 N–H and O–H groups in total. The van der Waals surface area contributed by atoms with E-state index >= 15 is 0 Å². The predicted octanol–water partition coefficient (Wildman–Crippen LogP) is 2.50. The molecule has 2 aromatic heterocycles. The Bertz CT molecular complexity index is 817. The SMILES string of the molecule is Cc1cc(S(=O)(=O)N2CCN(C(=O)Cc3cccs3)CC2)c(C)s1. The minimum atomic E-state index is -3.46. The molecular formula is C16H20N2O3S3. The number of amides is 1. The average molecular weight is 385 g/mol. The number of nitrogens with zero attached hydrogens (tertiary/aromatic N) is 2. The normalized spacial score (nSPS) is 16.5. The molecule has 0 atom stereocenters. The summed E-state index contributed by atoms with van der Waals surface area (Å²) < 4.78 is 27.1. The quantitative estimate of drug-likeness (QED) is 0.814. The summed E-state index contributed by atoms with van der Waals surface area (Å²) in [4.78, 5) is 17.3. The summed E-state index contributed by atoms with van der Waals surface area (Å²) in [5.41, 5.74) is 0. The first kappa shape index (κ1) is 17.6. The standard InChI is InChI=1S/C16H20N2O3S3/c1-12-10-15(13(2)23-12)24(20,21)18-7-5-17(6-8-18)16(19)11-14-4-3-9-22-14/h3-4,9-10H,5-8,11H2,1-2H3. The Morgan fingerprint density at radius 1 is 1.21 bits per heavy atom. The van der Waals surface area contributed by atoms with Crippen molar-refractivity contribution in [3.63, 3.8) is 0 Å². The maximum absolute atomic E-state index is 12.8. The Morgan fingerprint density at radius 3 is 2.46 bits per heavy atom. The Morgan fingerprint density at radius 2 is 1.92 bits per heavy atom. The van der Waals surface area contributed by atoms with Gasteiger partial charge in [0.1, 0.15) is 0 Å². The van der Waals surface area contributed by atoms with Crippen LogP contribution in [0.4, 0.5) is 0 Å². The number of aryl methyl sites for hydroxylation is 2. The number of piperazine rings is 1. The van der Waals surface area contributed by atoms with E-state index in [0.29, 0.717) is 37.5 Å². The highest BCUT2D eigenvalue weighted by Crippen LogP contribution is 2.28. The summed E-state index contributed by atoms with van der Waals surface area (Å²) in [6.07, 6.45) is 0.396. The van der Waals surface area contributed by atoms with Crippen molar-refractivity contribution in [3.8, 4) is 0 Å². The highest BCUT2D eigenvalue weighted by molar-refractivity contribution is 7.89. The highest BCUT2D eigenvalue weighted by atomic mass is 32.2. The third-order valence-electron chi connectivity index (χ3n) is 4.11. The van der Waals surface area contributed by atoms with Gasteiger partial charge in [0.2, 0.25) is 15.9 Å². The monoisotopic (exact) mass is 384 g/mol. The van der Waals surface area contributed by atoms with Gasteiger partial charge in [0.05, 0.1) is 11.3 Å². The molecule has 130 valence electrons. The van der Waals surface area contributed by atoms with Gasteiger partial charge in [-0.25, -0.2) is 8.42 Å². The minimum absolute atomic E-state index is 0.0667. The summed E-state index contributed by atoms with van der Waals surface area (Å²) >= 11 is 3.07. The highest BCUT2D eigenvalue weighted by Gasteiger charge is 2.31. The second kappa shape index (κ2) is 6.95. The Hall–Kier alpha value is -1.22. The van der Waals surface area contributed by atoms with Crippen molar-refractivity contribution < 1.29 is 13.2 Å². The molecule has 1 fully saturated rings. The van der Waals surface area contributed by atoms with Crippen LogP contribution in [0.15, 0.2) is 28.5 Å². The van der Waals surface area contributed by atoms with Crippen LogP contribution in [0, 0.1) is 13.8 Å².